The second-order valence-corrected chi connectivity index (χ2v) is 2.67. The summed E-state index contributed by atoms with van der Waals surface area (Å²) in [6.45, 7) is 3.98. The highest BCUT2D eigenvalue weighted by Gasteiger charge is 2.31. The monoisotopic (exact) mass is 124 g/mol. The van der Waals surface area contributed by atoms with E-state index in [1.165, 1.54) is 0 Å². The van der Waals surface area contributed by atoms with Crippen molar-refractivity contribution in [3.05, 3.63) is 0 Å². The Bertz CT molecular complexity index is 128. The van der Waals surface area contributed by atoms with E-state index >= 15 is 0 Å². The normalized spacial score (nSPS) is 34.2. The number of rotatable bonds is 1. The van der Waals surface area contributed by atoms with Gasteiger partial charge in [-0.2, -0.15) is 5.26 Å². The molecule has 1 rings (SSSR count). The Balaban J connectivity index is 2.59. The lowest BCUT2D eigenvalue weighted by Gasteiger charge is -2.14. The highest BCUT2D eigenvalue weighted by Crippen LogP contribution is 2.27. The lowest BCUT2D eigenvalue weighted by atomic mass is 9.86. The molecule has 1 atom stereocenters. The highest BCUT2D eigenvalue weighted by atomic mass is 14.9. The Morgan fingerprint density at radius 1 is 1.78 bits per heavy atom. The lowest BCUT2D eigenvalue weighted by molar-refractivity contribution is 0.425. The minimum atomic E-state index is -0.0278. The maximum Gasteiger partial charge on any atom is 0.0707 e. The molecule has 1 heterocycles. The van der Waals surface area contributed by atoms with Gasteiger partial charge >= 0.3 is 0 Å². The summed E-state index contributed by atoms with van der Waals surface area (Å²) >= 11 is 0. The molecule has 1 saturated heterocycles. The Hall–Kier alpha value is -0.550. The van der Waals surface area contributed by atoms with Crippen molar-refractivity contribution in [2.75, 3.05) is 13.1 Å². The first-order valence-corrected chi connectivity index (χ1v) is 3.45. The summed E-state index contributed by atoms with van der Waals surface area (Å²) in [6.07, 6.45) is 2.01. The van der Waals surface area contributed by atoms with Crippen LogP contribution >= 0.6 is 0 Å². The van der Waals surface area contributed by atoms with E-state index in [9.17, 15) is 0 Å². The van der Waals surface area contributed by atoms with Gasteiger partial charge in [0.1, 0.15) is 0 Å². The van der Waals surface area contributed by atoms with Crippen LogP contribution in [0, 0.1) is 16.7 Å². The van der Waals surface area contributed by atoms with Crippen molar-refractivity contribution in [1.82, 2.24) is 5.32 Å². The first-order chi connectivity index (χ1) is 4.33. The van der Waals surface area contributed by atoms with Crippen LogP contribution in [0.15, 0.2) is 0 Å². The molecule has 0 aromatic rings. The SMILES string of the molecule is CCC1(C#N)CCNC1. The largest absolute Gasteiger partial charge is 0.315 e. The molecule has 0 amide bonds. The van der Waals surface area contributed by atoms with Gasteiger partial charge in [-0.3, -0.25) is 0 Å². The van der Waals surface area contributed by atoms with E-state index in [-0.39, 0.29) is 5.41 Å². The van der Waals surface area contributed by atoms with E-state index in [0.29, 0.717) is 0 Å². The van der Waals surface area contributed by atoms with E-state index in [1.807, 2.05) is 0 Å². The predicted octanol–water partition coefficient (Wildman–Crippen LogP) is 0.900. The van der Waals surface area contributed by atoms with E-state index in [0.717, 1.165) is 25.9 Å². The average Bonchev–Trinajstić information content (AvgIpc) is 2.36. The molecule has 2 heteroatoms. The van der Waals surface area contributed by atoms with Crippen molar-refractivity contribution in [2.24, 2.45) is 5.41 Å². The third-order valence-electron chi connectivity index (χ3n) is 2.16. The molecule has 0 radical (unpaired) electrons. The molecule has 9 heavy (non-hydrogen) atoms. The fourth-order valence-electron chi connectivity index (χ4n) is 1.22. The fourth-order valence-corrected chi connectivity index (χ4v) is 1.22. The van der Waals surface area contributed by atoms with Crippen molar-refractivity contribution in [3.8, 4) is 6.07 Å². The molecule has 2 nitrogen and oxygen atoms in total. The zero-order valence-corrected chi connectivity index (χ0v) is 5.78. The van der Waals surface area contributed by atoms with E-state index in [1.54, 1.807) is 0 Å². The molecule has 0 aliphatic carbocycles. The van der Waals surface area contributed by atoms with Gasteiger partial charge in [-0.25, -0.2) is 0 Å². The van der Waals surface area contributed by atoms with Crippen LogP contribution in [-0.2, 0) is 0 Å². The van der Waals surface area contributed by atoms with Gasteiger partial charge in [-0.05, 0) is 19.4 Å². The summed E-state index contributed by atoms with van der Waals surface area (Å²) in [5.74, 6) is 0. The Kier molecular flexibility index (Phi) is 1.73. The highest BCUT2D eigenvalue weighted by molar-refractivity contribution is 5.03. The number of nitrogens with one attached hydrogen (secondary N) is 1. The number of hydrogen-bond acceptors (Lipinski definition) is 2. The summed E-state index contributed by atoms with van der Waals surface area (Å²) in [5.41, 5.74) is -0.0278. The third-order valence-corrected chi connectivity index (χ3v) is 2.16. The summed E-state index contributed by atoms with van der Waals surface area (Å²) in [6, 6.07) is 2.36. The average molecular weight is 124 g/mol. The molecular weight excluding hydrogens is 112 g/mol. The van der Waals surface area contributed by atoms with Gasteiger partial charge in [0.05, 0.1) is 11.5 Å². The molecule has 1 aliphatic heterocycles. The predicted molar refractivity (Wildman–Crippen MR) is 35.8 cm³/mol. The van der Waals surface area contributed by atoms with E-state index < -0.39 is 0 Å². The molecule has 0 spiro atoms. The van der Waals surface area contributed by atoms with Crippen LogP contribution in [-0.4, -0.2) is 13.1 Å². The molecule has 1 unspecified atom stereocenters. The van der Waals surface area contributed by atoms with Gasteiger partial charge in [-0.1, -0.05) is 6.92 Å². The third kappa shape index (κ3) is 1.06. The molecule has 0 bridgehead atoms. The molecule has 1 aliphatic rings. The summed E-state index contributed by atoms with van der Waals surface area (Å²) < 4.78 is 0. The van der Waals surface area contributed by atoms with Gasteiger partial charge in [0, 0.05) is 6.54 Å². The minimum Gasteiger partial charge on any atom is -0.315 e. The van der Waals surface area contributed by atoms with Gasteiger partial charge in [0.25, 0.3) is 0 Å². The van der Waals surface area contributed by atoms with Crippen LogP contribution in [0.5, 0.6) is 0 Å². The standard InChI is InChI=1S/C7H12N2/c1-2-7(5-8)3-4-9-6-7/h9H,2-4,6H2,1H3. The zero-order chi connectivity index (χ0) is 6.74. The molecule has 50 valence electrons. The van der Waals surface area contributed by atoms with Crippen LogP contribution in [0.2, 0.25) is 0 Å². The van der Waals surface area contributed by atoms with Crippen LogP contribution in [0.3, 0.4) is 0 Å². The number of nitriles is 1. The molecule has 1 N–H and O–H groups in total. The van der Waals surface area contributed by atoms with Crippen molar-refractivity contribution < 1.29 is 0 Å². The lowest BCUT2D eigenvalue weighted by Crippen LogP contribution is -2.20. The first kappa shape index (κ1) is 6.57. The molecule has 0 aromatic heterocycles. The zero-order valence-electron chi connectivity index (χ0n) is 5.78. The van der Waals surface area contributed by atoms with Gasteiger partial charge in [-0.15, -0.1) is 0 Å². The van der Waals surface area contributed by atoms with Crippen molar-refractivity contribution in [1.29, 1.82) is 5.26 Å². The quantitative estimate of drug-likeness (QED) is 0.563. The van der Waals surface area contributed by atoms with Crippen molar-refractivity contribution in [3.63, 3.8) is 0 Å². The van der Waals surface area contributed by atoms with Gasteiger partial charge in [0.2, 0.25) is 0 Å². The summed E-state index contributed by atoms with van der Waals surface area (Å²) in [7, 11) is 0. The summed E-state index contributed by atoms with van der Waals surface area (Å²) in [5, 5.41) is 11.9. The first-order valence-electron chi connectivity index (χ1n) is 3.45. The molecular formula is C7H12N2. The van der Waals surface area contributed by atoms with Crippen LogP contribution in [0.25, 0.3) is 0 Å². The smallest absolute Gasteiger partial charge is 0.0707 e. The second kappa shape index (κ2) is 2.36. The molecule has 0 aromatic carbocycles. The maximum absolute atomic E-state index is 8.73. The Morgan fingerprint density at radius 2 is 2.56 bits per heavy atom. The van der Waals surface area contributed by atoms with Crippen molar-refractivity contribution >= 4 is 0 Å². The Morgan fingerprint density at radius 3 is 2.78 bits per heavy atom. The van der Waals surface area contributed by atoms with E-state index in [4.69, 9.17) is 5.26 Å². The summed E-state index contributed by atoms with van der Waals surface area (Å²) in [4.78, 5) is 0. The number of hydrogen-bond donors (Lipinski definition) is 1. The molecule has 0 saturated carbocycles. The molecule has 1 fully saturated rings. The van der Waals surface area contributed by atoms with Crippen LogP contribution < -0.4 is 5.32 Å². The van der Waals surface area contributed by atoms with Crippen molar-refractivity contribution in [2.45, 2.75) is 19.8 Å². The fraction of sp³-hybridized carbons (Fsp3) is 0.857. The second-order valence-electron chi connectivity index (χ2n) is 2.67. The van der Waals surface area contributed by atoms with Gasteiger partial charge < -0.3 is 5.32 Å². The van der Waals surface area contributed by atoms with Gasteiger partial charge in [0.15, 0.2) is 0 Å². The van der Waals surface area contributed by atoms with Crippen LogP contribution in [0.4, 0.5) is 0 Å². The number of nitrogens with zero attached hydrogens (tertiary/aromatic N) is 1. The maximum atomic E-state index is 8.73. The van der Waals surface area contributed by atoms with Crippen LogP contribution in [0.1, 0.15) is 19.8 Å². The topological polar surface area (TPSA) is 35.8 Å². The van der Waals surface area contributed by atoms with E-state index in [2.05, 4.69) is 18.3 Å². The Labute approximate surface area is 55.9 Å². The minimum absolute atomic E-state index is 0.0278.